The summed E-state index contributed by atoms with van der Waals surface area (Å²) in [6.07, 6.45) is 2.00. The van der Waals surface area contributed by atoms with Crippen molar-refractivity contribution in [1.82, 2.24) is 15.1 Å². The summed E-state index contributed by atoms with van der Waals surface area (Å²) in [6, 6.07) is 14.2. The molecule has 2 amide bonds. The van der Waals surface area contributed by atoms with E-state index in [4.69, 9.17) is 17.0 Å². The molecule has 1 saturated heterocycles. The van der Waals surface area contributed by atoms with E-state index in [2.05, 4.69) is 29.5 Å². The van der Waals surface area contributed by atoms with Gasteiger partial charge in [-0.3, -0.25) is 14.9 Å². The third-order valence-corrected chi connectivity index (χ3v) is 5.45. The van der Waals surface area contributed by atoms with E-state index in [9.17, 15) is 9.59 Å². The maximum Gasteiger partial charge on any atom is 0.257 e. The standard InChI is InChI=1S/C24H30N4O3S/c1-3-4-15-31-21-10-6-7-18(17-21)22(29)26-24(32)25-20-9-5-8-19(16-20)23(30)28-13-11-27(2)12-14-28/h5-10,16-17H,3-4,11-15H2,1-2H3,(H2,25,26,29,32). The van der Waals surface area contributed by atoms with Gasteiger partial charge >= 0.3 is 0 Å². The predicted octanol–water partition coefficient (Wildman–Crippen LogP) is 3.38. The molecular weight excluding hydrogens is 424 g/mol. The van der Waals surface area contributed by atoms with E-state index < -0.39 is 0 Å². The molecule has 3 rings (SSSR count). The van der Waals surface area contributed by atoms with Crippen LogP contribution in [-0.4, -0.2) is 66.6 Å². The van der Waals surface area contributed by atoms with Gasteiger partial charge in [0.05, 0.1) is 6.61 Å². The Hall–Kier alpha value is -2.97. The number of nitrogens with zero attached hydrogens (tertiary/aromatic N) is 2. The zero-order chi connectivity index (χ0) is 22.9. The van der Waals surface area contributed by atoms with Crippen LogP contribution >= 0.6 is 12.2 Å². The number of ether oxygens (including phenoxy) is 1. The lowest BCUT2D eigenvalue weighted by Gasteiger charge is -2.32. The first-order valence-electron chi connectivity index (χ1n) is 10.9. The lowest BCUT2D eigenvalue weighted by Crippen LogP contribution is -2.47. The fourth-order valence-corrected chi connectivity index (χ4v) is 3.53. The van der Waals surface area contributed by atoms with Gasteiger partial charge in [-0.05, 0) is 62.1 Å². The monoisotopic (exact) mass is 454 g/mol. The van der Waals surface area contributed by atoms with Crippen molar-refractivity contribution in [3.63, 3.8) is 0 Å². The number of nitrogens with one attached hydrogen (secondary N) is 2. The average molecular weight is 455 g/mol. The van der Waals surface area contributed by atoms with Crippen LogP contribution in [-0.2, 0) is 0 Å². The van der Waals surface area contributed by atoms with Gasteiger partial charge in [0.15, 0.2) is 5.11 Å². The first-order valence-corrected chi connectivity index (χ1v) is 11.3. The van der Waals surface area contributed by atoms with Gasteiger partial charge in [0.25, 0.3) is 11.8 Å². The van der Waals surface area contributed by atoms with Crippen LogP contribution in [0.3, 0.4) is 0 Å². The van der Waals surface area contributed by atoms with E-state index in [-0.39, 0.29) is 16.9 Å². The summed E-state index contributed by atoms with van der Waals surface area (Å²) in [7, 11) is 2.05. The molecule has 8 heteroatoms. The Bertz CT molecular complexity index is 958. The molecule has 2 aromatic carbocycles. The number of unbranched alkanes of at least 4 members (excludes halogenated alkanes) is 1. The normalized spacial score (nSPS) is 14.0. The van der Waals surface area contributed by atoms with Crippen LogP contribution in [0.15, 0.2) is 48.5 Å². The number of likely N-dealkylation sites (N-methyl/N-ethyl adjacent to an activating group) is 1. The number of anilines is 1. The Kier molecular flexibility index (Phi) is 8.58. The summed E-state index contributed by atoms with van der Waals surface area (Å²) in [6.45, 7) is 5.87. The van der Waals surface area contributed by atoms with Crippen molar-refractivity contribution >= 4 is 34.8 Å². The third kappa shape index (κ3) is 6.77. The Morgan fingerprint density at radius 1 is 1.03 bits per heavy atom. The molecule has 0 aromatic heterocycles. The minimum atomic E-state index is -0.326. The van der Waals surface area contributed by atoms with Gasteiger partial charge in [-0.2, -0.15) is 0 Å². The minimum Gasteiger partial charge on any atom is -0.494 e. The Labute approximate surface area is 194 Å². The molecule has 2 aromatic rings. The quantitative estimate of drug-likeness (QED) is 0.494. The maximum absolute atomic E-state index is 12.8. The zero-order valence-corrected chi connectivity index (χ0v) is 19.4. The van der Waals surface area contributed by atoms with E-state index in [1.54, 1.807) is 42.5 Å². The number of carbonyl (C=O) groups excluding carboxylic acids is 2. The first-order chi connectivity index (χ1) is 15.5. The number of carbonyl (C=O) groups is 2. The van der Waals surface area contributed by atoms with Gasteiger partial charge in [0, 0.05) is 43.0 Å². The van der Waals surface area contributed by atoms with Crippen LogP contribution < -0.4 is 15.4 Å². The number of hydrogen-bond donors (Lipinski definition) is 2. The second-order valence-corrected chi connectivity index (χ2v) is 8.22. The number of hydrogen-bond acceptors (Lipinski definition) is 5. The molecule has 0 spiro atoms. The summed E-state index contributed by atoms with van der Waals surface area (Å²) in [4.78, 5) is 29.4. The zero-order valence-electron chi connectivity index (χ0n) is 18.6. The highest BCUT2D eigenvalue weighted by atomic mass is 32.1. The average Bonchev–Trinajstić information content (AvgIpc) is 2.79. The molecule has 0 saturated carbocycles. The van der Waals surface area contributed by atoms with Gasteiger partial charge in [-0.15, -0.1) is 0 Å². The third-order valence-electron chi connectivity index (χ3n) is 5.25. The molecule has 0 bridgehead atoms. The van der Waals surface area contributed by atoms with Crippen LogP contribution in [0, 0.1) is 0 Å². The van der Waals surface area contributed by atoms with Crippen molar-refractivity contribution in [2.75, 3.05) is 45.2 Å². The summed E-state index contributed by atoms with van der Waals surface area (Å²) < 4.78 is 5.66. The molecule has 0 radical (unpaired) electrons. The van der Waals surface area contributed by atoms with E-state index >= 15 is 0 Å². The fraction of sp³-hybridized carbons (Fsp3) is 0.375. The number of benzene rings is 2. The van der Waals surface area contributed by atoms with Crippen molar-refractivity contribution in [2.45, 2.75) is 19.8 Å². The molecular formula is C24H30N4O3S. The highest BCUT2D eigenvalue weighted by Gasteiger charge is 2.20. The van der Waals surface area contributed by atoms with Crippen LogP contribution in [0.4, 0.5) is 5.69 Å². The Morgan fingerprint density at radius 2 is 1.75 bits per heavy atom. The second kappa shape index (κ2) is 11.6. The van der Waals surface area contributed by atoms with Gasteiger partial charge < -0.3 is 19.9 Å². The maximum atomic E-state index is 12.8. The van der Waals surface area contributed by atoms with Crippen LogP contribution in [0.5, 0.6) is 5.75 Å². The van der Waals surface area contributed by atoms with Crippen molar-refractivity contribution in [1.29, 1.82) is 0 Å². The molecule has 2 N–H and O–H groups in total. The molecule has 1 aliphatic heterocycles. The van der Waals surface area contributed by atoms with Crippen LogP contribution in [0.1, 0.15) is 40.5 Å². The molecule has 1 aliphatic rings. The molecule has 1 heterocycles. The lowest BCUT2D eigenvalue weighted by molar-refractivity contribution is 0.0664. The van der Waals surface area contributed by atoms with Crippen LogP contribution in [0.25, 0.3) is 0 Å². The first kappa shape index (κ1) is 23.7. The lowest BCUT2D eigenvalue weighted by atomic mass is 10.1. The topological polar surface area (TPSA) is 73.9 Å². The largest absolute Gasteiger partial charge is 0.494 e. The van der Waals surface area contributed by atoms with E-state index in [0.717, 1.165) is 25.9 Å². The number of piperazine rings is 1. The predicted molar refractivity (Wildman–Crippen MR) is 130 cm³/mol. The van der Waals surface area contributed by atoms with Crippen molar-refractivity contribution in [3.8, 4) is 5.75 Å². The van der Waals surface area contributed by atoms with Gasteiger partial charge in [-0.1, -0.05) is 25.5 Å². The van der Waals surface area contributed by atoms with Gasteiger partial charge in [0.2, 0.25) is 0 Å². The highest BCUT2D eigenvalue weighted by Crippen LogP contribution is 2.16. The van der Waals surface area contributed by atoms with Crippen molar-refractivity contribution in [3.05, 3.63) is 59.7 Å². The minimum absolute atomic E-state index is 0.00316. The van der Waals surface area contributed by atoms with Gasteiger partial charge in [-0.25, -0.2) is 0 Å². The smallest absolute Gasteiger partial charge is 0.257 e. The van der Waals surface area contributed by atoms with E-state index in [1.165, 1.54) is 0 Å². The highest BCUT2D eigenvalue weighted by molar-refractivity contribution is 7.80. The summed E-state index contributed by atoms with van der Waals surface area (Å²) >= 11 is 5.30. The number of rotatable bonds is 7. The molecule has 32 heavy (non-hydrogen) atoms. The van der Waals surface area contributed by atoms with Crippen LogP contribution in [0.2, 0.25) is 0 Å². The van der Waals surface area contributed by atoms with Crippen molar-refractivity contribution < 1.29 is 14.3 Å². The molecule has 0 aliphatic carbocycles. The molecule has 170 valence electrons. The fourth-order valence-electron chi connectivity index (χ4n) is 3.32. The molecule has 7 nitrogen and oxygen atoms in total. The van der Waals surface area contributed by atoms with Crippen molar-refractivity contribution in [2.24, 2.45) is 0 Å². The SMILES string of the molecule is CCCCOc1cccc(C(=O)NC(=S)Nc2cccc(C(=O)N3CCN(C)CC3)c2)c1. The van der Waals surface area contributed by atoms with E-state index in [0.29, 0.717) is 42.3 Å². The summed E-state index contributed by atoms with van der Waals surface area (Å²) in [5, 5.41) is 5.84. The number of amides is 2. The number of thiocarbonyl (C=S) groups is 1. The molecule has 1 fully saturated rings. The Balaban J connectivity index is 1.57. The molecule has 0 unspecified atom stereocenters. The van der Waals surface area contributed by atoms with E-state index in [1.807, 2.05) is 11.0 Å². The van der Waals surface area contributed by atoms with Gasteiger partial charge in [0.1, 0.15) is 5.75 Å². The Morgan fingerprint density at radius 3 is 2.50 bits per heavy atom. The second-order valence-electron chi connectivity index (χ2n) is 7.81. The molecule has 0 atom stereocenters. The summed E-state index contributed by atoms with van der Waals surface area (Å²) in [5.41, 5.74) is 1.69. The summed E-state index contributed by atoms with van der Waals surface area (Å²) in [5.74, 6) is 0.324.